The minimum absolute atomic E-state index is 0. The Balaban J connectivity index is 0. The van der Waals surface area contributed by atoms with Gasteiger partial charge in [-0.1, -0.05) is 57.2 Å². The van der Waals surface area contributed by atoms with Gasteiger partial charge < -0.3 is 19.7 Å². The predicted octanol–water partition coefficient (Wildman–Crippen LogP) is 2.22. The van der Waals surface area contributed by atoms with E-state index in [2.05, 4.69) is 54.2 Å². The standard InChI is InChI=1S/C11H22N3Si2.C4H10O.Li/c1-15(2,3)13-10-8-7-9-11(12-10)14-16(4,5)6;1-3-5-4-2;/h7-9H,1-6H3,(H-,12,13,14);3-4H2,1-2H3;/q-1;;+1. The van der Waals surface area contributed by atoms with E-state index in [9.17, 15) is 0 Å². The summed E-state index contributed by atoms with van der Waals surface area (Å²) in [7, 11) is -2.76. The minimum atomic E-state index is -1.43. The van der Waals surface area contributed by atoms with Gasteiger partial charge >= 0.3 is 18.9 Å². The van der Waals surface area contributed by atoms with Gasteiger partial charge in [0.15, 0.2) is 0 Å². The molecule has 0 atom stereocenters. The number of ether oxygens (including phenoxy) is 1. The zero-order valence-electron chi connectivity index (χ0n) is 15.9. The molecule has 0 radical (unpaired) electrons. The first-order chi connectivity index (χ1) is 9.57. The molecule has 0 aromatic carbocycles. The Morgan fingerprint density at radius 2 is 1.59 bits per heavy atom. The second kappa shape index (κ2) is 11.3. The molecule has 7 heteroatoms. The third-order valence-electron chi connectivity index (χ3n) is 2.10. The molecule has 0 saturated heterocycles. The minimum Gasteiger partial charge on any atom is -0.472 e. The molecule has 0 aliphatic rings. The van der Waals surface area contributed by atoms with Crippen molar-refractivity contribution in [3.63, 3.8) is 0 Å². The average molecular weight is 334 g/mol. The van der Waals surface area contributed by atoms with Crippen LogP contribution >= 0.6 is 0 Å². The molecule has 1 heterocycles. The van der Waals surface area contributed by atoms with Gasteiger partial charge in [0.2, 0.25) is 0 Å². The molecule has 1 aromatic rings. The topological polar surface area (TPSA) is 48.2 Å². The van der Waals surface area contributed by atoms with Gasteiger partial charge in [-0.15, -0.1) is 0 Å². The maximum atomic E-state index is 4.83. The number of nitrogens with one attached hydrogen (secondary N) is 1. The Morgan fingerprint density at radius 1 is 1.05 bits per heavy atom. The summed E-state index contributed by atoms with van der Waals surface area (Å²) in [5.41, 5.74) is 0. The van der Waals surface area contributed by atoms with Crippen LogP contribution in [-0.2, 0) is 4.74 Å². The molecule has 122 valence electrons. The molecular weight excluding hydrogens is 301 g/mol. The summed E-state index contributed by atoms with van der Waals surface area (Å²) in [4.78, 5) is 12.7. The van der Waals surface area contributed by atoms with E-state index in [1.165, 1.54) is 0 Å². The quantitative estimate of drug-likeness (QED) is 0.812. The molecule has 0 unspecified atom stereocenters. The van der Waals surface area contributed by atoms with Crippen molar-refractivity contribution < 1.29 is 23.6 Å². The first kappa shape index (κ1) is 24.0. The summed E-state index contributed by atoms with van der Waals surface area (Å²) in [6, 6.07) is 6.02. The van der Waals surface area contributed by atoms with Crippen molar-refractivity contribution in [2.45, 2.75) is 53.1 Å². The first-order valence-corrected chi connectivity index (χ1v) is 14.6. The molecule has 1 N–H and O–H groups in total. The van der Waals surface area contributed by atoms with E-state index in [-0.39, 0.29) is 18.9 Å². The van der Waals surface area contributed by atoms with E-state index in [1.807, 2.05) is 32.0 Å². The van der Waals surface area contributed by atoms with E-state index in [1.54, 1.807) is 0 Å². The molecule has 0 amide bonds. The number of hydrogen-bond acceptors (Lipinski definition) is 3. The zero-order chi connectivity index (χ0) is 16.5. The van der Waals surface area contributed by atoms with Gasteiger partial charge in [-0.05, 0) is 19.9 Å². The van der Waals surface area contributed by atoms with Crippen LogP contribution in [0.2, 0.25) is 39.3 Å². The van der Waals surface area contributed by atoms with Crippen LogP contribution in [-0.4, -0.2) is 34.7 Å². The Kier molecular flexibility index (Phi) is 12.3. The summed E-state index contributed by atoms with van der Waals surface area (Å²) < 4.78 is 4.83. The first-order valence-electron chi connectivity index (χ1n) is 7.63. The summed E-state index contributed by atoms with van der Waals surface area (Å²) in [5, 5.41) is 0. The van der Waals surface area contributed by atoms with E-state index in [4.69, 9.17) is 4.74 Å². The van der Waals surface area contributed by atoms with Crippen molar-refractivity contribution in [1.29, 1.82) is 0 Å². The van der Waals surface area contributed by atoms with Crippen molar-refractivity contribution >= 4 is 28.1 Å². The van der Waals surface area contributed by atoms with Gasteiger partial charge in [-0.3, -0.25) is 0 Å². The Bertz CT molecular complexity index is 373. The molecule has 0 bridgehead atoms. The van der Waals surface area contributed by atoms with E-state index >= 15 is 0 Å². The molecule has 1 aromatic heterocycles. The summed E-state index contributed by atoms with van der Waals surface area (Å²) >= 11 is 0. The molecule has 0 spiro atoms. The van der Waals surface area contributed by atoms with Crippen molar-refractivity contribution in [2.75, 3.05) is 18.2 Å². The number of anilines is 1. The number of nitrogens with zero attached hydrogens (tertiary/aromatic N) is 2. The second-order valence-corrected chi connectivity index (χ2v) is 16.1. The zero-order valence-corrected chi connectivity index (χ0v) is 17.9. The summed E-state index contributed by atoms with van der Waals surface area (Å²) in [5.74, 6) is 1.82. The van der Waals surface area contributed by atoms with E-state index in [0.29, 0.717) is 0 Å². The number of rotatable bonds is 6. The summed E-state index contributed by atoms with van der Waals surface area (Å²) in [6.45, 7) is 19.1. The van der Waals surface area contributed by atoms with Gasteiger partial charge in [0.1, 0.15) is 8.24 Å². The smallest absolute Gasteiger partial charge is 0.472 e. The van der Waals surface area contributed by atoms with E-state index in [0.717, 1.165) is 24.8 Å². The summed E-state index contributed by atoms with van der Waals surface area (Å²) in [6.07, 6.45) is 0. The van der Waals surface area contributed by atoms with Gasteiger partial charge in [0.25, 0.3) is 0 Å². The van der Waals surface area contributed by atoms with Gasteiger partial charge in [0.05, 0.1) is 0 Å². The molecule has 1 rings (SSSR count). The SMILES string of the molecule is CCOCC.C[Si](C)(C)[N-]c1cccc(N[Si](C)(C)C)n1.[Li+]. The van der Waals surface area contributed by atoms with Crippen molar-refractivity contribution in [2.24, 2.45) is 0 Å². The molecular formula is C15H32LiN3OSi2. The molecule has 22 heavy (non-hydrogen) atoms. The van der Waals surface area contributed by atoms with Crippen LogP contribution in [0, 0.1) is 0 Å². The number of hydrogen-bond donors (Lipinski definition) is 1. The van der Waals surface area contributed by atoms with Crippen LogP contribution in [0.25, 0.3) is 4.98 Å². The van der Waals surface area contributed by atoms with Crippen LogP contribution in [0.15, 0.2) is 18.2 Å². The normalized spacial score (nSPS) is 10.9. The maximum absolute atomic E-state index is 4.83. The molecule has 0 aliphatic carbocycles. The van der Waals surface area contributed by atoms with Crippen molar-refractivity contribution in [3.05, 3.63) is 23.2 Å². The fourth-order valence-electron chi connectivity index (χ4n) is 1.49. The monoisotopic (exact) mass is 333 g/mol. The number of aromatic nitrogens is 1. The van der Waals surface area contributed by atoms with Crippen molar-refractivity contribution in [3.8, 4) is 0 Å². The van der Waals surface area contributed by atoms with Gasteiger partial charge in [-0.25, -0.2) is 0 Å². The maximum Gasteiger partial charge on any atom is 1.00 e. The molecule has 0 fully saturated rings. The van der Waals surface area contributed by atoms with Crippen LogP contribution in [0.5, 0.6) is 0 Å². The van der Waals surface area contributed by atoms with Crippen LogP contribution in [0.4, 0.5) is 11.6 Å². The molecule has 0 aliphatic heterocycles. The second-order valence-electron chi connectivity index (χ2n) is 6.82. The van der Waals surface area contributed by atoms with Gasteiger partial charge in [-0.2, -0.15) is 0 Å². The van der Waals surface area contributed by atoms with Crippen molar-refractivity contribution in [1.82, 2.24) is 4.98 Å². The Labute approximate surface area is 151 Å². The van der Waals surface area contributed by atoms with Crippen LogP contribution in [0.1, 0.15) is 13.8 Å². The third-order valence-corrected chi connectivity index (χ3v) is 4.00. The average Bonchev–Trinajstić information content (AvgIpc) is 2.26. The molecule has 4 nitrogen and oxygen atoms in total. The Hall–Kier alpha value is -0.259. The fraction of sp³-hybridized carbons (Fsp3) is 0.667. The predicted molar refractivity (Wildman–Crippen MR) is 99.7 cm³/mol. The van der Waals surface area contributed by atoms with E-state index < -0.39 is 16.5 Å². The van der Waals surface area contributed by atoms with Crippen LogP contribution in [0.3, 0.4) is 0 Å². The third kappa shape index (κ3) is 14.7. The molecule has 0 saturated carbocycles. The van der Waals surface area contributed by atoms with Gasteiger partial charge in [0, 0.05) is 27.3 Å². The Morgan fingerprint density at radius 3 is 1.95 bits per heavy atom. The fourth-order valence-corrected chi connectivity index (χ4v) is 3.21. The number of pyridine rings is 1. The largest absolute Gasteiger partial charge is 1.00 e. The van der Waals surface area contributed by atoms with Crippen LogP contribution < -0.4 is 23.8 Å².